The first-order chi connectivity index (χ1) is 13.0. The highest BCUT2D eigenvalue weighted by Gasteiger charge is 2.15. The van der Waals surface area contributed by atoms with Crippen LogP contribution in [0.3, 0.4) is 0 Å². The molecular weight excluding hydrogens is 336 g/mol. The molecule has 0 saturated carbocycles. The smallest absolute Gasteiger partial charge is 0.248 e. The van der Waals surface area contributed by atoms with E-state index in [2.05, 4.69) is 22.0 Å². The normalized spacial score (nSPS) is 14.5. The summed E-state index contributed by atoms with van der Waals surface area (Å²) in [4.78, 5) is 23.4. The van der Waals surface area contributed by atoms with Crippen LogP contribution < -0.4 is 10.6 Å². The SMILES string of the molecule is Cc1c(C(N)=O)ccc(-c2ccc3ncc(N4CCCCC4)nc3c2)c1C. The number of carbonyl (C=O) groups is 1. The largest absolute Gasteiger partial charge is 0.366 e. The van der Waals surface area contributed by atoms with Crippen molar-refractivity contribution in [1.82, 2.24) is 9.97 Å². The summed E-state index contributed by atoms with van der Waals surface area (Å²) < 4.78 is 0. The molecule has 27 heavy (non-hydrogen) atoms. The van der Waals surface area contributed by atoms with Crippen molar-refractivity contribution in [3.8, 4) is 11.1 Å². The summed E-state index contributed by atoms with van der Waals surface area (Å²) in [5, 5.41) is 0. The number of nitrogens with two attached hydrogens (primary N) is 1. The summed E-state index contributed by atoms with van der Waals surface area (Å²) in [6.07, 6.45) is 5.60. The molecule has 0 unspecified atom stereocenters. The van der Waals surface area contributed by atoms with Gasteiger partial charge in [0.1, 0.15) is 5.82 Å². The molecule has 5 heteroatoms. The molecule has 0 radical (unpaired) electrons. The van der Waals surface area contributed by atoms with Gasteiger partial charge in [0.25, 0.3) is 0 Å². The summed E-state index contributed by atoms with van der Waals surface area (Å²) in [5.74, 6) is 0.564. The molecule has 1 aromatic heterocycles. The number of nitrogens with zero attached hydrogens (tertiary/aromatic N) is 3. The van der Waals surface area contributed by atoms with Gasteiger partial charge in [-0.15, -0.1) is 0 Å². The monoisotopic (exact) mass is 360 g/mol. The zero-order valence-electron chi connectivity index (χ0n) is 15.8. The lowest BCUT2D eigenvalue weighted by Crippen LogP contribution is -2.30. The molecule has 0 aliphatic carbocycles. The van der Waals surface area contributed by atoms with Crippen LogP contribution in [0.5, 0.6) is 0 Å². The molecule has 1 saturated heterocycles. The zero-order chi connectivity index (χ0) is 19.0. The number of anilines is 1. The number of rotatable bonds is 3. The number of amides is 1. The fourth-order valence-corrected chi connectivity index (χ4v) is 3.84. The number of fused-ring (bicyclic) bond motifs is 1. The molecule has 2 heterocycles. The average molecular weight is 360 g/mol. The molecule has 4 rings (SSSR count). The highest BCUT2D eigenvalue weighted by atomic mass is 16.1. The van der Waals surface area contributed by atoms with Crippen LogP contribution in [0.15, 0.2) is 36.5 Å². The van der Waals surface area contributed by atoms with Gasteiger partial charge in [0.05, 0.1) is 17.2 Å². The van der Waals surface area contributed by atoms with Crippen molar-refractivity contribution in [3.05, 3.63) is 53.2 Å². The molecule has 5 nitrogen and oxygen atoms in total. The molecule has 1 amide bonds. The second-order valence-electron chi connectivity index (χ2n) is 7.25. The number of piperidine rings is 1. The third-order valence-electron chi connectivity index (χ3n) is 5.57. The molecule has 1 aliphatic heterocycles. The Morgan fingerprint density at radius 2 is 1.78 bits per heavy atom. The van der Waals surface area contributed by atoms with E-state index in [0.29, 0.717) is 5.56 Å². The van der Waals surface area contributed by atoms with Gasteiger partial charge in [0, 0.05) is 18.7 Å². The summed E-state index contributed by atoms with van der Waals surface area (Å²) >= 11 is 0. The van der Waals surface area contributed by atoms with Crippen molar-refractivity contribution in [2.24, 2.45) is 5.73 Å². The molecule has 1 fully saturated rings. The predicted octanol–water partition coefficient (Wildman–Crippen LogP) is 4.00. The van der Waals surface area contributed by atoms with Gasteiger partial charge in [0.2, 0.25) is 5.91 Å². The number of primary amides is 1. The minimum absolute atomic E-state index is 0.391. The number of benzene rings is 2. The van der Waals surface area contributed by atoms with E-state index in [1.165, 1.54) is 19.3 Å². The van der Waals surface area contributed by atoms with Crippen LogP contribution in [0.1, 0.15) is 40.7 Å². The van der Waals surface area contributed by atoms with E-state index in [4.69, 9.17) is 10.7 Å². The van der Waals surface area contributed by atoms with Crippen LogP contribution in [-0.4, -0.2) is 29.0 Å². The van der Waals surface area contributed by atoms with Crippen molar-refractivity contribution in [3.63, 3.8) is 0 Å². The third kappa shape index (κ3) is 3.25. The Balaban J connectivity index is 1.76. The van der Waals surface area contributed by atoms with Gasteiger partial charge in [-0.2, -0.15) is 0 Å². The Morgan fingerprint density at radius 3 is 2.52 bits per heavy atom. The molecule has 0 spiro atoms. The van der Waals surface area contributed by atoms with Crippen molar-refractivity contribution in [2.45, 2.75) is 33.1 Å². The summed E-state index contributed by atoms with van der Waals surface area (Å²) in [6, 6.07) is 9.92. The molecule has 0 bridgehead atoms. The molecule has 1 aliphatic rings. The van der Waals surface area contributed by atoms with Crippen LogP contribution in [0.2, 0.25) is 0 Å². The molecule has 2 aromatic carbocycles. The van der Waals surface area contributed by atoms with E-state index < -0.39 is 5.91 Å². The van der Waals surface area contributed by atoms with E-state index in [0.717, 1.165) is 52.2 Å². The van der Waals surface area contributed by atoms with Gasteiger partial charge in [-0.3, -0.25) is 9.78 Å². The summed E-state index contributed by atoms with van der Waals surface area (Å²) in [5.41, 5.74) is 12.0. The Hall–Kier alpha value is -2.95. The lowest BCUT2D eigenvalue weighted by molar-refractivity contribution is 0.0999. The van der Waals surface area contributed by atoms with Crippen molar-refractivity contribution >= 4 is 22.8 Å². The number of hydrogen-bond donors (Lipinski definition) is 1. The highest BCUT2D eigenvalue weighted by Crippen LogP contribution is 2.30. The second kappa shape index (κ2) is 6.99. The van der Waals surface area contributed by atoms with E-state index in [1.807, 2.05) is 32.2 Å². The van der Waals surface area contributed by atoms with Crippen molar-refractivity contribution in [2.75, 3.05) is 18.0 Å². The van der Waals surface area contributed by atoms with Crippen LogP contribution in [0.4, 0.5) is 5.82 Å². The van der Waals surface area contributed by atoms with E-state index in [9.17, 15) is 4.79 Å². The fourth-order valence-electron chi connectivity index (χ4n) is 3.84. The molecule has 0 atom stereocenters. The first-order valence-corrected chi connectivity index (χ1v) is 9.47. The first-order valence-electron chi connectivity index (χ1n) is 9.47. The van der Waals surface area contributed by atoms with Crippen LogP contribution >= 0.6 is 0 Å². The molecule has 2 N–H and O–H groups in total. The zero-order valence-corrected chi connectivity index (χ0v) is 15.8. The Morgan fingerprint density at radius 1 is 1.00 bits per heavy atom. The van der Waals surface area contributed by atoms with Gasteiger partial charge in [0.15, 0.2) is 0 Å². The number of hydrogen-bond acceptors (Lipinski definition) is 4. The predicted molar refractivity (Wildman–Crippen MR) is 109 cm³/mol. The highest BCUT2D eigenvalue weighted by molar-refractivity contribution is 5.96. The lowest BCUT2D eigenvalue weighted by Gasteiger charge is -2.27. The Labute approximate surface area is 159 Å². The van der Waals surface area contributed by atoms with Crippen LogP contribution in [-0.2, 0) is 0 Å². The Kier molecular flexibility index (Phi) is 4.52. The molecule has 3 aromatic rings. The summed E-state index contributed by atoms with van der Waals surface area (Å²) in [7, 11) is 0. The van der Waals surface area contributed by atoms with Gasteiger partial charge in [-0.1, -0.05) is 12.1 Å². The second-order valence-corrected chi connectivity index (χ2v) is 7.25. The maximum absolute atomic E-state index is 11.6. The van der Waals surface area contributed by atoms with Crippen LogP contribution in [0, 0.1) is 13.8 Å². The first kappa shape index (κ1) is 17.5. The topological polar surface area (TPSA) is 72.1 Å². The fraction of sp³-hybridized carbons (Fsp3) is 0.318. The standard InChI is InChI=1S/C22H24N4O/c1-14-15(2)18(22(23)27)8-7-17(14)16-6-9-19-20(12-16)25-21(13-24-19)26-10-4-3-5-11-26/h6-9,12-13H,3-5,10-11H2,1-2H3,(H2,23,27). The maximum atomic E-state index is 11.6. The number of aromatic nitrogens is 2. The van der Waals surface area contributed by atoms with E-state index >= 15 is 0 Å². The molecule has 138 valence electrons. The van der Waals surface area contributed by atoms with Crippen LogP contribution in [0.25, 0.3) is 22.2 Å². The van der Waals surface area contributed by atoms with Gasteiger partial charge in [-0.05, 0) is 73.6 Å². The molecular formula is C22H24N4O. The van der Waals surface area contributed by atoms with Gasteiger partial charge >= 0.3 is 0 Å². The summed E-state index contributed by atoms with van der Waals surface area (Å²) in [6.45, 7) is 6.06. The van der Waals surface area contributed by atoms with E-state index in [1.54, 1.807) is 6.07 Å². The number of carbonyl (C=O) groups excluding carboxylic acids is 1. The average Bonchev–Trinajstić information content (AvgIpc) is 2.69. The lowest BCUT2D eigenvalue weighted by atomic mass is 9.93. The van der Waals surface area contributed by atoms with Crippen molar-refractivity contribution in [1.29, 1.82) is 0 Å². The quantitative estimate of drug-likeness (QED) is 0.766. The van der Waals surface area contributed by atoms with Gasteiger partial charge in [-0.25, -0.2) is 4.98 Å². The Bertz CT molecular complexity index is 1020. The van der Waals surface area contributed by atoms with Gasteiger partial charge < -0.3 is 10.6 Å². The minimum Gasteiger partial charge on any atom is -0.366 e. The maximum Gasteiger partial charge on any atom is 0.248 e. The van der Waals surface area contributed by atoms with Crippen molar-refractivity contribution < 1.29 is 4.79 Å². The third-order valence-corrected chi connectivity index (χ3v) is 5.57. The van der Waals surface area contributed by atoms with E-state index in [-0.39, 0.29) is 0 Å². The minimum atomic E-state index is -0.391.